The number of carboxylic acid groups (broad SMARTS) is 2. The summed E-state index contributed by atoms with van der Waals surface area (Å²) in [6, 6.07) is 2.92. The topological polar surface area (TPSA) is 145 Å². The normalized spacial score (nSPS) is 12.0. The number of carbonyl (C=O) groups is 3. The second-order valence-corrected chi connectivity index (χ2v) is 3.99. The number of nitrogens with zero attached hydrogens (tertiary/aromatic N) is 2. The van der Waals surface area contributed by atoms with Crippen molar-refractivity contribution < 1.29 is 24.6 Å². The van der Waals surface area contributed by atoms with Crippen molar-refractivity contribution in [1.29, 1.82) is 0 Å². The smallest absolute Gasteiger partial charge is 0.326 e. The summed E-state index contributed by atoms with van der Waals surface area (Å²) in [5.41, 5.74) is 1.17. The molecule has 9 heteroatoms. The number of aromatic nitrogens is 3. The molecule has 20 heavy (non-hydrogen) atoms. The maximum Gasteiger partial charge on any atom is 0.326 e. The van der Waals surface area contributed by atoms with E-state index >= 15 is 0 Å². The average Bonchev–Trinajstić information content (AvgIpc) is 2.84. The van der Waals surface area contributed by atoms with Crippen molar-refractivity contribution in [3.05, 3.63) is 23.8 Å². The van der Waals surface area contributed by atoms with Crippen molar-refractivity contribution >= 4 is 28.9 Å². The maximum absolute atomic E-state index is 11.9. The molecule has 2 aromatic rings. The molecule has 0 aliphatic heterocycles. The van der Waals surface area contributed by atoms with Crippen LogP contribution >= 0.6 is 0 Å². The third-order valence-electron chi connectivity index (χ3n) is 2.56. The van der Waals surface area contributed by atoms with Gasteiger partial charge in [0.05, 0.1) is 6.42 Å². The van der Waals surface area contributed by atoms with Crippen molar-refractivity contribution in [1.82, 2.24) is 20.7 Å². The van der Waals surface area contributed by atoms with Crippen LogP contribution < -0.4 is 5.32 Å². The van der Waals surface area contributed by atoms with Gasteiger partial charge in [-0.3, -0.25) is 9.59 Å². The number of amides is 1. The summed E-state index contributed by atoms with van der Waals surface area (Å²) in [7, 11) is 0. The average molecular weight is 278 g/mol. The lowest BCUT2D eigenvalue weighted by atomic mass is 10.1. The van der Waals surface area contributed by atoms with Crippen LogP contribution in [0, 0.1) is 0 Å². The predicted octanol–water partition coefficient (Wildman–Crippen LogP) is -0.384. The zero-order chi connectivity index (χ0) is 14.7. The van der Waals surface area contributed by atoms with Crippen molar-refractivity contribution in [2.75, 3.05) is 0 Å². The highest BCUT2D eigenvalue weighted by Gasteiger charge is 2.23. The summed E-state index contributed by atoms with van der Waals surface area (Å²) in [5, 5.41) is 29.6. The molecule has 1 amide bonds. The third kappa shape index (κ3) is 2.88. The van der Waals surface area contributed by atoms with E-state index in [1.807, 2.05) is 0 Å². The summed E-state index contributed by atoms with van der Waals surface area (Å²) >= 11 is 0. The molecule has 9 nitrogen and oxygen atoms in total. The Morgan fingerprint density at radius 2 is 1.90 bits per heavy atom. The first-order valence-electron chi connectivity index (χ1n) is 5.53. The zero-order valence-corrected chi connectivity index (χ0v) is 10.0. The van der Waals surface area contributed by atoms with Crippen molar-refractivity contribution in [2.45, 2.75) is 12.5 Å². The molecule has 0 aliphatic carbocycles. The molecule has 2 rings (SSSR count). The Labute approximate surface area is 111 Å². The monoisotopic (exact) mass is 278 g/mol. The minimum absolute atomic E-state index is 0.169. The highest BCUT2D eigenvalue weighted by molar-refractivity contribution is 5.99. The number of carboxylic acids is 2. The van der Waals surface area contributed by atoms with Gasteiger partial charge in [0.25, 0.3) is 5.91 Å². The third-order valence-corrected chi connectivity index (χ3v) is 2.56. The lowest BCUT2D eigenvalue weighted by Gasteiger charge is -2.12. The van der Waals surface area contributed by atoms with Gasteiger partial charge in [0.15, 0.2) is 0 Å². The number of H-pyrrole nitrogens is 1. The van der Waals surface area contributed by atoms with Crippen LogP contribution in [-0.4, -0.2) is 49.5 Å². The van der Waals surface area contributed by atoms with E-state index in [4.69, 9.17) is 10.2 Å². The van der Waals surface area contributed by atoms with Gasteiger partial charge < -0.3 is 15.5 Å². The Kier molecular flexibility index (Phi) is 3.60. The van der Waals surface area contributed by atoms with E-state index in [0.717, 1.165) is 0 Å². The Balaban J connectivity index is 2.17. The summed E-state index contributed by atoms with van der Waals surface area (Å²) in [6.07, 6.45) is -0.701. The van der Waals surface area contributed by atoms with Crippen LogP contribution in [0.2, 0.25) is 0 Å². The first-order chi connectivity index (χ1) is 9.47. The second-order valence-electron chi connectivity index (χ2n) is 3.99. The van der Waals surface area contributed by atoms with Crippen LogP contribution in [0.1, 0.15) is 16.8 Å². The summed E-state index contributed by atoms with van der Waals surface area (Å²) in [5.74, 6) is -3.42. The molecule has 4 N–H and O–H groups in total. The molecule has 0 aliphatic rings. The second kappa shape index (κ2) is 5.34. The zero-order valence-electron chi connectivity index (χ0n) is 10.0. The fraction of sp³-hybridized carbons (Fsp3) is 0.182. The number of aromatic amines is 1. The van der Waals surface area contributed by atoms with Crippen LogP contribution in [0.25, 0.3) is 11.0 Å². The molecule has 0 bridgehead atoms. The molecule has 1 heterocycles. The number of hydrogen-bond donors (Lipinski definition) is 4. The first-order valence-corrected chi connectivity index (χ1v) is 5.53. The molecule has 1 aromatic carbocycles. The molecule has 0 saturated heterocycles. The van der Waals surface area contributed by atoms with Crippen molar-refractivity contribution in [2.24, 2.45) is 0 Å². The van der Waals surface area contributed by atoms with E-state index in [1.54, 1.807) is 6.07 Å². The summed E-state index contributed by atoms with van der Waals surface area (Å²) in [6.45, 7) is 0. The van der Waals surface area contributed by atoms with E-state index in [1.165, 1.54) is 12.1 Å². The highest BCUT2D eigenvalue weighted by Crippen LogP contribution is 2.10. The standard InChI is InChI=1S/C11H10N4O5/c16-9(17)4-8(11(19)20)12-10(18)5-1-2-6-7(3-5)14-15-13-6/h1-3,8H,4H2,(H,12,18)(H,16,17)(H,19,20)(H,13,14,15)/t8-/m0/s1. The van der Waals surface area contributed by atoms with Gasteiger partial charge in [0, 0.05) is 5.56 Å². The fourth-order valence-electron chi connectivity index (χ4n) is 1.60. The highest BCUT2D eigenvalue weighted by atomic mass is 16.4. The van der Waals surface area contributed by atoms with Crippen LogP contribution in [-0.2, 0) is 9.59 Å². The molecular formula is C11H10N4O5. The summed E-state index contributed by atoms with van der Waals surface area (Å²) in [4.78, 5) is 33.3. The Hall–Kier alpha value is -2.97. The van der Waals surface area contributed by atoms with Gasteiger partial charge in [0.2, 0.25) is 0 Å². The Morgan fingerprint density at radius 1 is 1.20 bits per heavy atom. The molecular weight excluding hydrogens is 268 g/mol. The van der Waals surface area contributed by atoms with Crippen LogP contribution in [0.5, 0.6) is 0 Å². The van der Waals surface area contributed by atoms with Gasteiger partial charge in [-0.2, -0.15) is 15.4 Å². The van der Waals surface area contributed by atoms with Gasteiger partial charge in [-0.25, -0.2) is 4.79 Å². The minimum atomic E-state index is -1.49. The molecule has 0 spiro atoms. The molecule has 104 valence electrons. The van der Waals surface area contributed by atoms with E-state index in [2.05, 4.69) is 20.7 Å². The lowest BCUT2D eigenvalue weighted by Crippen LogP contribution is -2.42. The predicted molar refractivity (Wildman–Crippen MR) is 65.0 cm³/mol. The van der Waals surface area contributed by atoms with Gasteiger partial charge in [-0.05, 0) is 18.2 Å². The number of rotatable bonds is 5. The van der Waals surface area contributed by atoms with Crippen molar-refractivity contribution in [3.8, 4) is 0 Å². The van der Waals surface area contributed by atoms with Crippen molar-refractivity contribution in [3.63, 3.8) is 0 Å². The Morgan fingerprint density at radius 3 is 2.55 bits per heavy atom. The minimum Gasteiger partial charge on any atom is -0.481 e. The maximum atomic E-state index is 11.9. The van der Waals surface area contributed by atoms with E-state index in [0.29, 0.717) is 11.0 Å². The SMILES string of the molecule is O=C(O)C[C@H](NC(=O)c1ccc2n[nH]nc2c1)C(=O)O. The molecule has 0 fully saturated rings. The molecule has 1 aromatic heterocycles. The quantitative estimate of drug-likeness (QED) is 0.582. The van der Waals surface area contributed by atoms with Gasteiger partial charge in [-0.15, -0.1) is 0 Å². The van der Waals surface area contributed by atoms with E-state index in [9.17, 15) is 14.4 Å². The number of fused-ring (bicyclic) bond motifs is 1. The van der Waals surface area contributed by atoms with Gasteiger partial charge in [0.1, 0.15) is 17.1 Å². The molecule has 1 atom stereocenters. The van der Waals surface area contributed by atoms with Crippen LogP contribution in [0.15, 0.2) is 18.2 Å². The fourth-order valence-corrected chi connectivity index (χ4v) is 1.60. The number of nitrogens with one attached hydrogen (secondary N) is 2. The molecule has 0 saturated carbocycles. The van der Waals surface area contributed by atoms with Crippen LogP contribution in [0.3, 0.4) is 0 Å². The van der Waals surface area contributed by atoms with Crippen LogP contribution in [0.4, 0.5) is 0 Å². The first kappa shape index (κ1) is 13.5. The van der Waals surface area contributed by atoms with E-state index < -0.39 is 30.3 Å². The number of carbonyl (C=O) groups excluding carboxylic acids is 1. The number of hydrogen-bond acceptors (Lipinski definition) is 5. The van der Waals surface area contributed by atoms with Gasteiger partial charge in [-0.1, -0.05) is 0 Å². The lowest BCUT2D eigenvalue weighted by molar-refractivity contribution is -0.145. The summed E-state index contributed by atoms with van der Waals surface area (Å²) < 4.78 is 0. The molecule has 0 unspecified atom stereocenters. The Bertz CT molecular complexity index is 680. The number of aliphatic carboxylic acids is 2. The van der Waals surface area contributed by atoms with E-state index in [-0.39, 0.29) is 5.56 Å². The number of benzene rings is 1. The van der Waals surface area contributed by atoms with Gasteiger partial charge >= 0.3 is 11.9 Å². The molecule has 0 radical (unpaired) electrons. The largest absolute Gasteiger partial charge is 0.481 e.